The zero-order valence-corrected chi connectivity index (χ0v) is 16.7. The lowest BCUT2D eigenvalue weighted by atomic mass is 10.2. The maximum absolute atomic E-state index is 13.0. The Balaban J connectivity index is 2.41. The molecule has 0 radical (unpaired) electrons. The number of hydrogen-bond donors (Lipinski definition) is 0. The Morgan fingerprint density at radius 1 is 1.39 bits per heavy atom. The molecule has 1 aliphatic rings. The molecule has 2 rings (SSSR count). The fourth-order valence-corrected chi connectivity index (χ4v) is 7.16. The quantitative estimate of drug-likeness (QED) is 0.676. The number of benzene rings is 1. The van der Waals surface area contributed by atoms with E-state index in [1.54, 1.807) is 6.07 Å². The average Bonchev–Trinajstić information content (AvgIpc) is 2.78. The molecule has 1 fully saturated rings. The SMILES string of the molecule is CCCCN([C@H]1CCS(=O)(=O)C1)S(=O)(=O)c1ccc(Br)cc1Cl. The van der Waals surface area contributed by atoms with Crippen LogP contribution in [0.5, 0.6) is 0 Å². The number of hydrogen-bond acceptors (Lipinski definition) is 4. The van der Waals surface area contributed by atoms with Crippen molar-refractivity contribution in [3.63, 3.8) is 0 Å². The molecular formula is C14H19BrClNO4S2. The first-order valence-corrected chi connectivity index (χ1v) is 11.8. The molecule has 0 aliphatic carbocycles. The van der Waals surface area contributed by atoms with E-state index < -0.39 is 25.9 Å². The summed E-state index contributed by atoms with van der Waals surface area (Å²) in [5, 5.41) is 0.127. The Bertz CT molecular complexity index is 780. The summed E-state index contributed by atoms with van der Waals surface area (Å²) in [7, 11) is -7.01. The van der Waals surface area contributed by atoms with Crippen LogP contribution in [0.15, 0.2) is 27.6 Å². The summed E-state index contributed by atoms with van der Waals surface area (Å²) in [6, 6.07) is 4.07. The lowest BCUT2D eigenvalue weighted by Crippen LogP contribution is -2.41. The summed E-state index contributed by atoms with van der Waals surface area (Å²) in [5.74, 6) is -0.0893. The molecular weight excluding hydrogens is 426 g/mol. The van der Waals surface area contributed by atoms with Gasteiger partial charge in [-0.3, -0.25) is 0 Å². The standard InChI is InChI=1S/C14H19BrClNO4S2/c1-2-3-7-17(12-6-8-22(18,19)10-12)23(20,21)14-5-4-11(15)9-13(14)16/h4-5,9,12H,2-3,6-8,10H2,1H3/t12-/m0/s1. The number of unbranched alkanes of at least 4 members (excludes halogenated alkanes) is 1. The Morgan fingerprint density at radius 2 is 2.09 bits per heavy atom. The summed E-state index contributed by atoms with van der Waals surface area (Å²) in [4.78, 5) is 0.0165. The van der Waals surface area contributed by atoms with E-state index >= 15 is 0 Å². The van der Waals surface area contributed by atoms with Crippen LogP contribution in [-0.4, -0.2) is 45.2 Å². The maximum Gasteiger partial charge on any atom is 0.244 e. The van der Waals surface area contributed by atoms with Crippen LogP contribution in [-0.2, 0) is 19.9 Å². The lowest BCUT2D eigenvalue weighted by molar-refractivity contribution is 0.335. The highest BCUT2D eigenvalue weighted by atomic mass is 79.9. The smallest absolute Gasteiger partial charge is 0.229 e. The van der Waals surface area contributed by atoms with Crippen molar-refractivity contribution in [2.24, 2.45) is 0 Å². The average molecular weight is 445 g/mol. The van der Waals surface area contributed by atoms with E-state index in [4.69, 9.17) is 11.6 Å². The molecule has 1 saturated heterocycles. The van der Waals surface area contributed by atoms with Gasteiger partial charge in [0.25, 0.3) is 0 Å². The first-order chi connectivity index (χ1) is 10.7. The molecule has 130 valence electrons. The van der Waals surface area contributed by atoms with Crippen LogP contribution in [0.4, 0.5) is 0 Å². The van der Waals surface area contributed by atoms with Crippen LogP contribution in [0.2, 0.25) is 5.02 Å². The van der Waals surface area contributed by atoms with E-state index in [0.29, 0.717) is 23.9 Å². The molecule has 5 nitrogen and oxygen atoms in total. The van der Waals surface area contributed by atoms with Gasteiger partial charge in [-0.2, -0.15) is 4.31 Å². The molecule has 1 aromatic carbocycles. The van der Waals surface area contributed by atoms with Crippen LogP contribution in [0.25, 0.3) is 0 Å². The van der Waals surface area contributed by atoms with Gasteiger partial charge in [-0.15, -0.1) is 0 Å². The molecule has 1 heterocycles. The second-order valence-electron chi connectivity index (χ2n) is 5.60. The van der Waals surface area contributed by atoms with Crippen molar-refractivity contribution in [1.82, 2.24) is 4.31 Å². The molecule has 0 amide bonds. The first-order valence-electron chi connectivity index (χ1n) is 7.34. The Kier molecular flexibility index (Phi) is 6.16. The third-order valence-electron chi connectivity index (χ3n) is 3.83. The predicted molar refractivity (Wildman–Crippen MR) is 95.0 cm³/mol. The normalized spacial score (nSPS) is 21.0. The van der Waals surface area contributed by atoms with Crippen molar-refractivity contribution < 1.29 is 16.8 Å². The molecule has 1 atom stereocenters. The molecule has 23 heavy (non-hydrogen) atoms. The zero-order chi connectivity index (χ0) is 17.3. The van der Waals surface area contributed by atoms with Crippen molar-refractivity contribution in [3.8, 4) is 0 Å². The maximum atomic E-state index is 13.0. The number of rotatable bonds is 6. The minimum atomic E-state index is -3.84. The van der Waals surface area contributed by atoms with E-state index in [0.717, 1.165) is 6.42 Å². The second-order valence-corrected chi connectivity index (χ2v) is 11.0. The molecule has 0 saturated carbocycles. The molecule has 0 N–H and O–H groups in total. The molecule has 0 aromatic heterocycles. The van der Waals surface area contributed by atoms with Gasteiger partial charge in [0.1, 0.15) is 4.90 Å². The molecule has 0 unspecified atom stereocenters. The summed E-state index contributed by atoms with van der Waals surface area (Å²) >= 11 is 9.35. The number of sulfonamides is 1. The summed E-state index contributed by atoms with van der Waals surface area (Å²) < 4.78 is 51.5. The molecule has 0 spiro atoms. The van der Waals surface area contributed by atoms with Gasteiger partial charge in [0.05, 0.1) is 16.5 Å². The van der Waals surface area contributed by atoms with Crippen molar-refractivity contribution in [3.05, 3.63) is 27.7 Å². The fraction of sp³-hybridized carbons (Fsp3) is 0.571. The number of halogens is 2. The van der Waals surface area contributed by atoms with Gasteiger partial charge in [-0.25, -0.2) is 16.8 Å². The third-order valence-corrected chi connectivity index (χ3v) is 8.51. The third kappa shape index (κ3) is 4.48. The van der Waals surface area contributed by atoms with Gasteiger partial charge < -0.3 is 0 Å². The Labute approximate surface area is 151 Å². The Morgan fingerprint density at radius 3 is 2.61 bits per heavy atom. The van der Waals surface area contributed by atoms with E-state index in [1.165, 1.54) is 16.4 Å². The van der Waals surface area contributed by atoms with Crippen molar-refractivity contribution >= 4 is 47.4 Å². The number of sulfone groups is 1. The van der Waals surface area contributed by atoms with Crippen LogP contribution < -0.4 is 0 Å². The zero-order valence-electron chi connectivity index (χ0n) is 12.7. The van der Waals surface area contributed by atoms with Crippen LogP contribution >= 0.6 is 27.5 Å². The van der Waals surface area contributed by atoms with Gasteiger partial charge in [-0.1, -0.05) is 40.9 Å². The van der Waals surface area contributed by atoms with Gasteiger partial charge in [-0.05, 0) is 31.0 Å². The van der Waals surface area contributed by atoms with E-state index in [1.807, 2.05) is 6.92 Å². The highest BCUT2D eigenvalue weighted by molar-refractivity contribution is 9.10. The topological polar surface area (TPSA) is 71.5 Å². The first kappa shape index (κ1) is 19.2. The minimum absolute atomic E-state index is 0.0165. The largest absolute Gasteiger partial charge is 0.244 e. The van der Waals surface area contributed by atoms with E-state index in [-0.39, 0.29) is 21.4 Å². The van der Waals surface area contributed by atoms with E-state index in [2.05, 4.69) is 15.9 Å². The lowest BCUT2D eigenvalue weighted by Gasteiger charge is -2.27. The molecule has 1 aliphatic heterocycles. The monoisotopic (exact) mass is 443 g/mol. The van der Waals surface area contributed by atoms with Gasteiger partial charge in [0.2, 0.25) is 10.0 Å². The van der Waals surface area contributed by atoms with Gasteiger partial charge in [0, 0.05) is 17.1 Å². The van der Waals surface area contributed by atoms with Crippen molar-refractivity contribution in [1.29, 1.82) is 0 Å². The summed E-state index contributed by atoms with van der Waals surface area (Å²) in [6.07, 6.45) is 1.82. The predicted octanol–water partition coefficient (Wildman–Crippen LogP) is 3.08. The highest BCUT2D eigenvalue weighted by Crippen LogP contribution is 2.31. The molecule has 0 bridgehead atoms. The molecule has 1 aromatic rings. The van der Waals surface area contributed by atoms with Crippen molar-refractivity contribution in [2.75, 3.05) is 18.1 Å². The summed E-state index contributed by atoms with van der Waals surface area (Å²) in [5.41, 5.74) is 0. The van der Waals surface area contributed by atoms with Gasteiger partial charge in [0.15, 0.2) is 9.84 Å². The fourth-order valence-electron chi connectivity index (χ4n) is 2.63. The molecule has 9 heteroatoms. The summed E-state index contributed by atoms with van der Waals surface area (Å²) in [6.45, 7) is 2.26. The number of nitrogens with zero attached hydrogens (tertiary/aromatic N) is 1. The highest BCUT2D eigenvalue weighted by Gasteiger charge is 2.39. The van der Waals surface area contributed by atoms with E-state index in [9.17, 15) is 16.8 Å². The minimum Gasteiger partial charge on any atom is -0.229 e. The van der Waals surface area contributed by atoms with Crippen LogP contribution in [0.3, 0.4) is 0 Å². The van der Waals surface area contributed by atoms with Gasteiger partial charge >= 0.3 is 0 Å². The van der Waals surface area contributed by atoms with Crippen LogP contribution in [0.1, 0.15) is 26.2 Å². The second kappa shape index (κ2) is 7.39. The van der Waals surface area contributed by atoms with Crippen LogP contribution in [0, 0.1) is 0 Å². The Hall–Kier alpha value is -0.150. The van der Waals surface area contributed by atoms with Crippen molar-refractivity contribution in [2.45, 2.75) is 37.1 Å².